The maximum absolute atomic E-state index is 12.5. The summed E-state index contributed by atoms with van der Waals surface area (Å²) in [4.78, 5) is 28.2. The van der Waals surface area contributed by atoms with Gasteiger partial charge in [-0.2, -0.15) is 5.26 Å². The van der Waals surface area contributed by atoms with E-state index < -0.39 is 0 Å². The lowest BCUT2D eigenvalue weighted by molar-refractivity contribution is -0.131. The molecule has 0 aromatic carbocycles. The van der Waals surface area contributed by atoms with Crippen LogP contribution in [0.2, 0.25) is 0 Å². The topological polar surface area (TPSA) is 78.6 Å². The van der Waals surface area contributed by atoms with E-state index in [2.05, 4.69) is 11.0 Å². The highest BCUT2D eigenvalue weighted by Crippen LogP contribution is 2.05. The van der Waals surface area contributed by atoms with E-state index in [0.29, 0.717) is 26.1 Å². The van der Waals surface area contributed by atoms with Crippen LogP contribution in [-0.2, 0) is 16.1 Å². The summed E-state index contributed by atoms with van der Waals surface area (Å²) in [6.07, 6.45) is 0.609. The zero-order valence-electron chi connectivity index (χ0n) is 14.1. The van der Waals surface area contributed by atoms with Gasteiger partial charge in [-0.3, -0.25) is 14.5 Å². The van der Waals surface area contributed by atoms with Crippen molar-refractivity contribution in [3.8, 4) is 6.07 Å². The maximum Gasteiger partial charge on any atom is 0.307 e. The van der Waals surface area contributed by atoms with Crippen molar-refractivity contribution in [2.75, 3.05) is 45.9 Å². The molecule has 1 fully saturated rings. The average molecular weight is 352 g/mol. The molecule has 0 radical (unpaired) electrons. The summed E-state index contributed by atoms with van der Waals surface area (Å²) >= 11 is 1.15. The van der Waals surface area contributed by atoms with Gasteiger partial charge in [0.2, 0.25) is 5.91 Å². The fourth-order valence-electron chi connectivity index (χ4n) is 2.67. The number of hydrogen-bond donors (Lipinski definition) is 0. The van der Waals surface area contributed by atoms with Gasteiger partial charge in [0.25, 0.3) is 0 Å². The van der Waals surface area contributed by atoms with Crippen LogP contribution in [0.4, 0.5) is 0 Å². The summed E-state index contributed by atoms with van der Waals surface area (Å²) in [5, 5.41) is 10.6. The molecule has 1 amide bonds. The molecule has 0 bridgehead atoms. The number of hydrogen-bond acceptors (Lipinski definition) is 6. The predicted octanol–water partition coefficient (Wildman–Crippen LogP) is 0.683. The van der Waals surface area contributed by atoms with E-state index in [1.165, 1.54) is 0 Å². The third-order valence-corrected chi connectivity index (χ3v) is 5.04. The molecule has 2 rings (SSSR count). The first-order valence-corrected chi connectivity index (χ1v) is 9.09. The van der Waals surface area contributed by atoms with Gasteiger partial charge in [0, 0.05) is 56.8 Å². The summed E-state index contributed by atoms with van der Waals surface area (Å²) in [6.45, 7) is 7.32. The molecule has 7 nitrogen and oxygen atoms in total. The Hall–Kier alpha value is -1.69. The van der Waals surface area contributed by atoms with E-state index in [0.717, 1.165) is 49.9 Å². The molecule has 1 aromatic heterocycles. The number of nitriles is 1. The lowest BCUT2D eigenvalue weighted by Gasteiger charge is -2.30. The minimum absolute atomic E-state index is 0.00369. The molecule has 1 saturated heterocycles. The van der Waals surface area contributed by atoms with Crippen molar-refractivity contribution >= 4 is 17.2 Å². The van der Waals surface area contributed by atoms with E-state index in [-0.39, 0.29) is 17.2 Å². The summed E-state index contributed by atoms with van der Waals surface area (Å²) in [5.74, 6) is -0.00369. The van der Waals surface area contributed by atoms with E-state index in [1.54, 1.807) is 14.8 Å². The Morgan fingerprint density at radius 3 is 2.75 bits per heavy atom. The van der Waals surface area contributed by atoms with E-state index >= 15 is 0 Å². The minimum Gasteiger partial charge on any atom is -0.379 e. The van der Waals surface area contributed by atoms with Gasteiger partial charge in [-0.1, -0.05) is 11.3 Å². The Morgan fingerprint density at radius 2 is 2.12 bits per heavy atom. The zero-order chi connectivity index (χ0) is 17.4. The standard InChI is InChI=1S/C16H24N4O3S/c1-14-13-24-16(22)20(14)6-3-15(21)19(5-2-4-17)8-7-18-9-11-23-12-10-18/h13H,2-3,5-12H2,1H3. The largest absolute Gasteiger partial charge is 0.379 e. The number of amides is 1. The molecule has 0 N–H and O–H groups in total. The third kappa shape index (κ3) is 5.44. The van der Waals surface area contributed by atoms with Gasteiger partial charge < -0.3 is 14.2 Å². The van der Waals surface area contributed by atoms with Crippen LogP contribution in [0.25, 0.3) is 0 Å². The van der Waals surface area contributed by atoms with Crippen molar-refractivity contribution in [2.45, 2.75) is 26.3 Å². The Balaban J connectivity index is 1.86. The van der Waals surface area contributed by atoms with Gasteiger partial charge >= 0.3 is 4.87 Å². The van der Waals surface area contributed by atoms with Crippen molar-refractivity contribution < 1.29 is 9.53 Å². The number of aryl methyl sites for hydroxylation is 1. The van der Waals surface area contributed by atoms with Crippen LogP contribution in [-0.4, -0.2) is 66.2 Å². The summed E-state index contributed by atoms with van der Waals surface area (Å²) in [5.41, 5.74) is 0.884. The second kappa shape index (κ2) is 9.57. The van der Waals surface area contributed by atoms with Gasteiger partial charge in [0.15, 0.2) is 0 Å². The SMILES string of the molecule is Cc1csc(=O)n1CCC(=O)N(CCC#N)CCN1CCOCC1. The van der Waals surface area contributed by atoms with Gasteiger partial charge in [-0.25, -0.2) is 0 Å². The van der Waals surface area contributed by atoms with Gasteiger partial charge in [-0.05, 0) is 6.92 Å². The third-order valence-electron chi connectivity index (χ3n) is 4.16. The number of thiazole rings is 1. The van der Waals surface area contributed by atoms with Crippen LogP contribution < -0.4 is 4.87 Å². The molecule has 8 heteroatoms. The van der Waals surface area contributed by atoms with E-state index in [1.807, 2.05) is 6.92 Å². The number of carbonyl (C=O) groups is 1. The summed E-state index contributed by atoms with van der Waals surface area (Å²) in [7, 11) is 0. The summed E-state index contributed by atoms with van der Waals surface area (Å²) < 4.78 is 6.96. The van der Waals surface area contributed by atoms with Gasteiger partial charge in [-0.15, -0.1) is 0 Å². The molecular weight excluding hydrogens is 328 g/mol. The Kier molecular flexibility index (Phi) is 7.43. The fraction of sp³-hybridized carbons (Fsp3) is 0.688. The average Bonchev–Trinajstić information content (AvgIpc) is 2.92. The van der Waals surface area contributed by atoms with Gasteiger partial charge in [0.1, 0.15) is 0 Å². The molecule has 0 spiro atoms. The molecule has 132 valence electrons. The number of nitrogens with zero attached hydrogens (tertiary/aromatic N) is 4. The molecule has 24 heavy (non-hydrogen) atoms. The zero-order valence-corrected chi connectivity index (χ0v) is 14.9. The lowest BCUT2D eigenvalue weighted by Crippen LogP contribution is -2.43. The fourth-order valence-corrected chi connectivity index (χ4v) is 3.43. The van der Waals surface area contributed by atoms with Crippen LogP contribution in [0.5, 0.6) is 0 Å². The van der Waals surface area contributed by atoms with Crippen molar-refractivity contribution in [1.82, 2.24) is 14.4 Å². The number of morpholine rings is 1. The number of ether oxygens (including phenoxy) is 1. The maximum atomic E-state index is 12.5. The van der Waals surface area contributed by atoms with Crippen LogP contribution in [0, 0.1) is 18.3 Å². The number of aromatic nitrogens is 1. The molecule has 1 aliphatic heterocycles. The van der Waals surface area contributed by atoms with Crippen LogP contribution in [0.1, 0.15) is 18.5 Å². The molecule has 0 atom stereocenters. The number of carbonyl (C=O) groups excluding carboxylic acids is 1. The molecular formula is C16H24N4O3S. The Morgan fingerprint density at radius 1 is 1.38 bits per heavy atom. The first-order chi connectivity index (χ1) is 11.6. The first kappa shape index (κ1) is 18.6. The predicted molar refractivity (Wildman–Crippen MR) is 92.0 cm³/mol. The second-order valence-corrected chi connectivity index (χ2v) is 6.61. The van der Waals surface area contributed by atoms with Crippen molar-refractivity contribution in [1.29, 1.82) is 5.26 Å². The van der Waals surface area contributed by atoms with Crippen molar-refractivity contribution in [3.05, 3.63) is 20.7 Å². The minimum atomic E-state index is -0.0304. The molecule has 1 aliphatic rings. The lowest BCUT2D eigenvalue weighted by atomic mass is 10.3. The molecule has 0 saturated carbocycles. The van der Waals surface area contributed by atoms with E-state index in [4.69, 9.17) is 10.00 Å². The normalized spacial score (nSPS) is 15.2. The second-order valence-electron chi connectivity index (χ2n) is 5.79. The number of rotatable bonds is 8. The smallest absolute Gasteiger partial charge is 0.307 e. The van der Waals surface area contributed by atoms with Crippen molar-refractivity contribution in [2.24, 2.45) is 0 Å². The van der Waals surface area contributed by atoms with E-state index in [9.17, 15) is 9.59 Å². The Bertz CT molecular complexity index is 628. The molecule has 2 heterocycles. The quantitative estimate of drug-likeness (QED) is 0.688. The molecule has 0 aliphatic carbocycles. The first-order valence-electron chi connectivity index (χ1n) is 8.21. The highest BCUT2D eigenvalue weighted by molar-refractivity contribution is 7.07. The highest BCUT2D eigenvalue weighted by atomic mass is 32.1. The van der Waals surface area contributed by atoms with Crippen molar-refractivity contribution in [3.63, 3.8) is 0 Å². The Labute approximate surface area is 146 Å². The molecule has 0 unspecified atom stereocenters. The highest BCUT2D eigenvalue weighted by Gasteiger charge is 2.17. The summed E-state index contributed by atoms with van der Waals surface area (Å²) in [6, 6.07) is 2.10. The molecule has 1 aromatic rings. The van der Waals surface area contributed by atoms with Gasteiger partial charge in [0.05, 0.1) is 25.7 Å². The van der Waals surface area contributed by atoms with Crippen LogP contribution >= 0.6 is 11.3 Å². The van der Waals surface area contributed by atoms with Crippen LogP contribution in [0.3, 0.4) is 0 Å². The van der Waals surface area contributed by atoms with Crippen LogP contribution in [0.15, 0.2) is 10.2 Å². The monoisotopic (exact) mass is 352 g/mol.